The van der Waals surface area contributed by atoms with Crippen molar-refractivity contribution in [2.45, 2.75) is 91.6 Å². The van der Waals surface area contributed by atoms with Crippen molar-refractivity contribution in [2.75, 3.05) is 5.73 Å². The van der Waals surface area contributed by atoms with Crippen LogP contribution in [0.2, 0.25) is 0 Å². The summed E-state index contributed by atoms with van der Waals surface area (Å²) < 4.78 is 6.00. The Morgan fingerprint density at radius 1 is 1.09 bits per heavy atom. The summed E-state index contributed by atoms with van der Waals surface area (Å²) in [5.74, 6) is 3.27. The van der Waals surface area contributed by atoms with Crippen LogP contribution in [0.25, 0.3) is 0 Å². The number of carbonyl (C=O) groups excluding carboxylic acids is 1. The molecule has 0 aromatic heterocycles. The topological polar surface area (TPSA) is 52.3 Å². The molecule has 3 saturated carbocycles. The van der Waals surface area contributed by atoms with Crippen LogP contribution in [0.4, 0.5) is 5.69 Å². The molecule has 1 aromatic carbocycles. The zero-order chi connectivity index (χ0) is 22.7. The molecule has 0 aliphatic heterocycles. The first-order valence-electron chi connectivity index (χ1n) is 13.0. The summed E-state index contributed by atoms with van der Waals surface area (Å²) in [4.78, 5) is 12.8. The van der Waals surface area contributed by atoms with Crippen molar-refractivity contribution >= 4 is 11.7 Å². The number of allylic oxidation sites excluding steroid dienone is 1. The van der Waals surface area contributed by atoms with E-state index >= 15 is 0 Å². The quantitative estimate of drug-likeness (QED) is 0.313. The highest BCUT2D eigenvalue weighted by Crippen LogP contribution is 2.66. The number of ether oxygens (including phenoxy) is 1. The first kappa shape index (κ1) is 22.0. The van der Waals surface area contributed by atoms with Gasteiger partial charge in [0.25, 0.3) is 0 Å². The maximum absolute atomic E-state index is 12.8. The fourth-order valence-corrected chi connectivity index (χ4v) is 8.66. The van der Waals surface area contributed by atoms with Crippen LogP contribution in [0.15, 0.2) is 29.8 Å². The summed E-state index contributed by atoms with van der Waals surface area (Å²) in [6, 6.07) is 5.49. The van der Waals surface area contributed by atoms with Gasteiger partial charge in [0.1, 0.15) is 6.10 Å². The van der Waals surface area contributed by atoms with Crippen LogP contribution in [0.5, 0.6) is 0 Å². The largest absolute Gasteiger partial charge is 0.458 e. The van der Waals surface area contributed by atoms with Gasteiger partial charge in [0.2, 0.25) is 0 Å². The van der Waals surface area contributed by atoms with E-state index in [9.17, 15) is 4.79 Å². The van der Waals surface area contributed by atoms with Crippen molar-refractivity contribution in [1.82, 2.24) is 0 Å². The zero-order valence-corrected chi connectivity index (χ0v) is 20.5. The molecule has 3 fully saturated rings. The lowest BCUT2D eigenvalue weighted by Gasteiger charge is -2.58. The standard InChI is InChI=1S/C29H41NO2/c1-5-20-7-9-25-24-8-6-21-17-23(32-27(31)19-14-18(2)15-22(30)16-19)10-12-29(21,4)26(24)11-13-28(20,25)3/h6,14-16,20,23-26H,5,7-13,17,30H2,1-4H3. The van der Waals surface area contributed by atoms with Gasteiger partial charge in [-0.05, 0) is 110 Å². The molecule has 5 rings (SSSR count). The second kappa shape index (κ2) is 7.92. The third-order valence-electron chi connectivity index (χ3n) is 10.4. The lowest BCUT2D eigenvalue weighted by Crippen LogP contribution is -2.50. The van der Waals surface area contributed by atoms with E-state index in [1.54, 1.807) is 11.6 Å². The Labute approximate surface area is 194 Å². The van der Waals surface area contributed by atoms with Gasteiger partial charge in [-0.2, -0.15) is 0 Å². The summed E-state index contributed by atoms with van der Waals surface area (Å²) in [7, 11) is 0. The number of aryl methyl sites for hydroxylation is 1. The molecule has 2 N–H and O–H groups in total. The number of rotatable bonds is 3. The fourth-order valence-electron chi connectivity index (χ4n) is 8.66. The highest BCUT2D eigenvalue weighted by molar-refractivity contribution is 5.90. The van der Waals surface area contributed by atoms with Crippen molar-refractivity contribution in [3.8, 4) is 0 Å². The molecule has 0 saturated heterocycles. The number of benzene rings is 1. The number of carbonyl (C=O) groups is 1. The lowest BCUT2D eigenvalue weighted by atomic mass is 9.47. The summed E-state index contributed by atoms with van der Waals surface area (Å²) >= 11 is 0. The van der Waals surface area contributed by atoms with E-state index < -0.39 is 0 Å². The molecule has 1 aromatic rings. The number of anilines is 1. The molecule has 3 heteroatoms. The minimum absolute atomic E-state index is 0.00933. The molecular formula is C29H41NO2. The van der Waals surface area contributed by atoms with Crippen molar-refractivity contribution in [2.24, 2.45) is 34.5 Å². The Kier molecular flexibility index (Phi) is 5.46. The first-order chi connectivity index (χ1) is 15.2. The molecule has 0 spiro atoms. The minimum Gasteiger partial charge on any atom is -0.458 e. The summed E-state index contributed by atoms with van der Waals surface area (Å²) in [6.07, 6.45) is 13.9. The summed E-state index contributed by atoms with van der Waals surface area (Å²) in [5.41, 5.74) is 10.6. The van der Waals surface area contributed by atoms with Crippen LogP contribution in [0.3, 0.4) is 0 Å². The molecule has 7 atom stereocenters. The van der Waals surface area contributed by atoms with Crippen LogP contribution in [-0.4, -0.2) is 12.1 Å². The van der Waals surface area contributed by atoms with E-state index in [0.29, 0.717) is 22.1 Å². The second-order valence-corrected chi connectivity index (χ2v) is 11.9. The Hall–Kier alpha value is -1.77. The molecule has 0 heterocycles. The third kappa shape index (κ3) is 3.42. The van der Waals surface area contributed by atoms with E-state index in [2.05, 4.69) is 26.8 Å². The molecule has 3 nitrogen and oxygen atoms in total. The van der Waals surface area contributed by atoms with E-state index in [-0.39, 0.29) is 12.1 Å². The Morgan fingerprint density at radius 3 is 2.66 bits per heavy atom. The highest BCUT2D eigenvalue weighted by Gasteiger charge is 2.58. The van der Waals surface area contributed by atoms with Gasteiger partial charge >= 0.3 is 5.97 Å². The van der Waals surface area contributed by atoms with Crippen LogP contribution in [-0.2, 0) is 4.74 Å². The van der Waals surface area contributed by atoms with Gasteiger partial charge in [-0.1, -0.05) is 38.8 Å². The number of hydrogen-bond acceptors (Lipinski definition) is 3. The van der Waals surface area contributed by atoms with Gasteiger partial charge in [-0.15, -0.1) is 0 Å². The fraction of sp³-hybridized carbons (Fsp3) is 0.690. The summed E-state index contributed by atoms with van der Waals surface area (Å²) in [6.45, 7) is 9.51. The second-order valence-electron chi connectivity index (χ2n) is 11.9. The van der Waals surface area contributed by atoms with Gasteiger partial charge in [0.05, 0.1) is 5.56 Å². The first-order valence-corrected chi connectivity index (χ1v) is 13.0. The summed E-state index contributed by atoms with van der Waals surface area (Å²) in [5, 5.41) is 0. The van der Waals surface area contributed by atoms with Crippen LogP contribution in [0, 0.1) is 41.4 Å². The molecular weight excluding hydrogens is 394 g/mol. The number of nitrogens with two attached hydrogens (primary N) is 1. The van der Waals surface area contributed by atoms with Crippen LogP contribution < -0.4 is 5.73 Å². The highest BCUT2D eigenvalue weighted by atomic mass is 16.5. The maximum Gasteiger partial charge on any atom is 0.338 e. The average molecular weight is 436 g/mol. The van der Waals surface area contributed by atoms with E-state index in [1.807, 2.05) is 19.1 Å². The van der Waals surface area contributed by atoms with Gasteiger partial charge < -0.3 is 10.5 Å². The predicted molar refractivity (Wildman–Crippen MR) is 130 cm³/mol. The molecule has 174 valence electrons. The molecule has 32 heavy (non-hydrogen) atoms. The smallest absolute Gasteiger partial charge is 0.338 e. The van der Waals surface area contributed by atoms with Crippen LogP contribution in [0.1, 0.15) is 94.5 Å². The van der Waals surface area contributed by atoms with E-state index in [4.69, 9.17) is 10.5 Å². The predicted octanol–water partition coefficient (Wildman–Crippen LogP) is 7.09. The lowest BCUT2D eigenvalue weighted by molar-refractivity contribution is -0.0528. The number of fused-ring (bicyclic) bond motifs is 5. The van der Waals surface area contributed by atoms with Gasteiger partial charge in [0, 0.05) is 12.1 Å². The molecule has 7 unspecified atom stereocenters. The molecule has 4 aliphatic rings. The molecule has 0 bridgehead atoms. The van der Waals surface area contributed by atoms with Crippen molar-refractivity contribution in [3.63, 3.8) is 0 Å². The molecule has 0 amide bonds. The Bertz CT molecular complexity index is 915. The number of esters is 1. The van der Waals surface area contributed by atoms with Gasteiger partial charge in [-0.3, -0.25) is 0 Å². The third-order valence-corrected chi connectivity index (χ3v) is 10.4. The Balaban J connectivity index is 1.31. The van der Waals surface area contributed by atoms with Crippen LogP contribution >= 0.6 is 0 Å². The van der Waals surface area contributed by atoms with E-state index in [0.717, 1.165) is 48.5 Å². The van der Waals surface area contributed by atoms with Gasteiger partial charge in [0.15, 0.2) is 0 Å². The average Bonchev–Trinajstić information content (AvgIpc) is 3.09. The van der Waals surface area contributed by atoms with Crippen molar-refractivity contribution in [3.05, 3.63) is 41.0 Å². The molecule has 0 radical (unpaired) electrons. The molecule has 4 aliphatic carbocycles. The van der Waals surface area contributed by atoms with Crippen molar-refractivity contribution < 1.29 is 9.53 Å². The zero-order valence-electron chi connectivity index (χ0n) is 20.5. The maximum atomic E-state index is 12.8. The minimum atomic E-state index is -0.228. The SMILES string of the molecule is CCC1CCC2C3CC=C4CC(OC(=O)c5cc(C)cc(N)c5)CCC4(C)C3CCC12C. The normalized spacial score (nSPS) is 40.6. The number of hydrogen-bond donors (Lipinski definition) is 1. The Morgan fingerprint density at radius 2 is 1.91 bits per heavy atom. The monoisotopic (exact) mass is 435 g/mol. The van der Waals surface area contributed by atoms with E-state index in [1.165, 1.54) is 38.5 Å². The van der Waals surface area contributed by atoms with Crippen molar-refractivity contribution in [1.29, 1.82) is 0 Å². The van der Waals surface area contributed by atoms with Gasteiger partial charge in [-0.25, -0.2) is 4.79 Å². The number of nitrogen functional groups attached to an aromatic ring is 1.